The molecule has 0 bridgehead atoms. The number of thiazole rings is 1. The molecule has 9 heteroatoms. The van der Waals surface area contributed by atoms with Crippen molar-refractivity contribution in [1.29, 1.82) is 0 Å². The maximum atomic E-state index is 12.5. The number of hydrogen-bond donors (Lipinski definition) is 2. The van der Waals surface area contributed by atoms with Gasteiger partial charge in [-0.15, -0.1) is 11.3 Å². The first-order valence-corrected chi connectivity index (χ1v) is 11.6. The molecule has 4 rings (SSSR count). The zero-order valence-electron chi connectivity index (χ0n) is 17.2. The largest absolute Gasteiger partial charge is 0.350 e. The summed E-state index contributed by atoms with van der Waals surface area (Å²) >= 11 is 2.85. The molecular formula is C22H22N4O3S2. The Labute approximate surface area is 188 Å². The van der Waals surface area contributed by atoms with Gasteiger partial charge in [0.25, 0.3) is 5.91 Å². The first kappa shape index (κ1) is 21.3. The van der Waals surface area contributed by atoms with Gasteiger partial charge in [0.2, 0.25) is 11.8 Å². The normalized spacial score (nSPS) is 16.0. The molecule has 7 nitrogen and oxygen atoms in total. The molecule has 1 fully saturated rings. The number of nitrogens with one attached hydrogen (secondary N) is 2. The van der Waals surface area contributed by atoms with Crippen LogP contribution in [0.2, 0.25) is 0 Å². The Morgan fingerprint density at radius 3 is 2.81 bits per heavy atom. The first-order valence-electron chi connectivity index (χ1n) is 9.83. The van der Waals surface area contributed by atoms with E-state index in [-0.39, 0.29) is 29.5 Å². The van der Waals surface area contributed by atoms with Crippen LogP contribution in [0.1, 0.15) is 22.3 Å². The lowest BCUT2D eigenvalue weighted by atomic mass is 10.1. The Kier molecular flexibility index (Phi) is 6.24. The lowest BCUT2D eigenvalue weighted by Gasteiger charge is -2.11. The fourth-order valence-electron chi connectivity index (χ4n) is 3.43. The number of aromatic nitrogens is 1. The summed E-state index contributed by atoms with van der Waals surface area (Å²) < 4.78 is 1.72. The predicted molar refractivity (Wildman–Crippen MR) is 124 cm³/mol. The van der Waals surface area contributed by atoms with Crippen LogP contribution in [0.3, 0.4) is 0 Å². The molecule has 2 N–H and O–H groups in total. The highest BCUT2D eigenvalue weighted by atomic mass is 32.2. The summed E-state index contributed by atoms with van der Waals surface area (Å²) in [4.78, 5) is 42.5. The molecule has 3 amide bonds. The second-order valence-corrected chi connectivity index (χ2v) is 9.72. The Bertz CT molecular complexity index is 1160. The molecular weight excluding hydrogens is 432 g/mol. The molecule has 1 saturated heterocycles. The molecule has 0 aliphatic carbocycles. The molecule has 160 valence electrons. The van der Waals surface area contributed by atoms with Crippen molar-refractivity contribution in [3.8, 4) is 0 Å². The molecule has 1 atom stereocenters. The second kappa shape index (κ2) is 9.07. The van der Waals surface area contributed by atoms with E-state index >= 15 is 0 Å². The maximum absolute atomic E-state index is 12.5. The minimum absolute atomic E-state index is 0.0504. The van der Waals surface area contributed by atoms with E-state index in [0.717, 1.165) is 20.1 Å². The van der Waals surface area contributed by atoms with Gasteiger partial charge in [-0.3, -0.25) is 14.4 Å². The number of nitrogens with zero attached hydrogens (tertiary/aromatic N) is 2. The number of benzene rings is 2. The average Bonchev–Trinajstić information content (AvgIpc) is 3.28. The van der Waals surface area contributed by atoms with Crippen LogP contribution >= 0.6 is 23.1 Å². The van der Waals surface area contributed by atoms with Gasteiger partial charge in [0.1, 0.15) is 0 Å². The van der Waals surface area contributed by atoms with E-state index in [1.54, 1.807) is 18.0 Å². The second-order valence-electron chi connectivity index (χ2n) is 7.46. The number of thioether (sulfide) groups is 1. The number of anilines is 1. The molecule has 2 aromatic carbocycles. The summed E-state index contributed by atoms with van der Waals surface area (Å²) in [5.41, 5.74) is 3.09. The van der Waals surface area contributed by atoms with E-state index in [1.807, 2.05) is 43.3 Å². The first-order chi connectivity index (χ1) is 14.9. The van der Waals surface area contributed by atoms with Gasteiger partial charge in [-0.1, -0.05) is 30.0 Å². The number of fused-ring (bicyclic) bond motifs is 1. The molecule has 1 aliphatic rings. The Hall–Kier alpha value is -2.91. The Balaban J connectivity index is 1.36. The van der Waals surface area contributed by atoms with E-state index in [1.165, 1.54) is 23.1 Å². The molecule has 1 aromatic heterocycles. The van der Waals surface area contributed by atoms with Crippen LogP contribution in [0.15, 0.2) is 46.8 Å². The van der Waals surface area contributed by atoms with E-state index in [4.69, 9.17) is 0 Å². The van der Waals surface area contributed by atoms with Gasteiger partial charge in [-0.2, -0.15) is 0 Å². The van der Waals surface area contributed by atoms with E-state index in [2.05, 4.69) is 15.6 Å². The van der Waals surface area contributed by atoms with Crippen LogP contribution in [0.5, 0.6) is 0 Å². The van der Waals surface area contributed by atoms with Crippen LogP contribution in [-0.2, 0) is 9.59 Å². The topological polar surface area (TPSA) is 91.4 Å². The zero-order valence-corrected chi connectivity index (χ0v) is 18.8. The fraction of sp³-hybridized carbons (Fsp3) is 0.273. The van der Waals surface area contributed by atoms with E-state index < -0.39 is 0 Å². The smallest absolute Gasteiger partial charge is 0.255 e. The van der Waals surface area contributed by atoms with E-state index in [9.17, 15) is 14.4 Å². The SMILES string of the molecule is Cc1ccccc1C(=O)Nc1ccc2nc(SCC(=O)NC3CC(=O)N(C)C3)sc2c1. The van der Waals surface area contributed by atoms with Crippen molar-refractivity contribution in [3.05, 3.63) is 53.6 Å². The van der Waals surface area contributed by atoms with Crippen molar-refractivity contribution in [3.63, 3.8) is 0 Å². The van der Waals surface area contributed by atoms with Crippen molar-refractivity contribution in [2.45, 2.75) is 23.7 Å². The van der Waals surface area contributed by atoms with Gasteiger partial charge in [0.15, 0.2) is 4.34 Å². The molecule has 2 heterocycles. The maximum Gasteiger partial charge on any atom is 0.255 e. The third-order valence-electron chi connectivity index (χ3n) is 5.05. The average molecular weight is 455 g/mol. The molecule has 0 saturated carbocycles. The highest BCUT2D eigenvalue weighted by Gasteiger charge is 2.27. The number of aryl methyl sites for hydroxylation is 1. The molecule has 1 aliphatic heterocycles. The number of carbonyl (C=O) groups excluding carboxylic acids is 3. The Morgan fingerprint density at radius 2 is 2.06 bits per heavy atom. The lowest BCUT2D eigenvalue weighted by Crippen LogP contribution is -2.37. The van der Waals surface area contributed by atoms with Gasteiger partial charge in [-0.25, -0.2) is 4.98 Å². The van der Waals surface area contributed by atoms with Gasteiger partial charge < -0.3 is 15.5 Å². The van der Waals surface area contributed by atoms with E-state index in [0.29, 0.717) is 24.2 Å². The summed E-state index contributed by atoms with van der Waals surface area (Å²) in [6.07, 6.45) is 0.352. The Morgan fingerprint density at radius 1 is 1.26 bits per heavy atom. The van der Waals surface area contributed by atoms with Crippen LogP contribution in [0.4, 0.5) is 5.69 Å². The number of rotatable bonds is 6. The summed E-state index contributed by atoms with van der Waals surface area (Å²) in [6.45, 7) is 2.46. The van der Waals surface area contributed by atoms with Crippen molar-refractivity contribution in [1.82, 2.24) is 15.2 Å². The number of hydrogen-bond acceptors (Lipinski definition) is 6. The summed E-state index contributed by atoms with van der Waals surface area (Å²) in [6, 6.07) is 12.9. The lowest BCUT2D eigenvalue weighted by molar-refractivity contribution is -0.126. The van der Waals surface area contributed by atoms with Crippen molar-refractivity contribution in [2.75, 3.05) is 24.7 Å². The highest BCUT2D eigenvalue weighted by molar-refractivity contribution is 8.01. The third kappa shape index (κ3) is 5.05. The predicted octanol–water partition coefficient (Wildman–Crippen LogP) is 3.30. The van der Waals surface area contributed by atoms with Crippen molar-refractivity contribution >= 4 is 56.7 Å². The molecule has 0 radical (unpaired) electrons. The molecule has 1 unspecified atom stereocenters. The summed E-state index contributed by atoms with van der Waals surface area (Å²) in [5, 5.41) is 5.84. The standard InChI is InChI=1S/C22H22N4O3S2/c1-13-5-3-4-6-16(13)21(29)24-14-7-8-17-18(9-14)31-22(25-17)30-12-19(27)23-15-10-20(28)26(2)11-15/h3-9,15H,10-12H2,1-2H3,(H,23,27)(H,24,29). The van der Waals surface area contributed by atoms with Crippen LogP contribution in [-0.4, -0.2) is 53.0 Å². The zero-order chi connectivity index (χ0) is 22.0. The molecule has 3 aromatic rings. The van der Waals surface area contributed by atoms with Gasteiger partial charge in [0, 0.05) is 31.3 Å². The quantitative estimate of drug-likeness (QED) is 0.558. The summed E-state index contributed by atoms with van der Waals surface area (Å²) in [7, 11) is 1.74. The van der Waals surface area contributed by atoms with Crippen molar-refractivity contribution in [2.24, 2.45) is 0 Å². The minimum Gasteiger partial charge on any atom is -0.350 e. The number of carbonyl (C=O) groups is 3. The molecule has 0 spiro atoms. The van der Waals surface area contributed by atoms with Gasteiger partial charge in [-0.05, 0) is 36.8 Å². The monoisotopic (exact) mass is 454 g/mol. The van der Waals surface area contributed by atoms with Crippen LogP contribution < -0.4 is 10.6 Å². The molecule has 31 heavy (non-hydrogen) atoms. The van der Waals surface area contributed by atoms with Gasteiger partial charge in [0.05, 0.1) is 22.0 Å². The van der Waals surface area contributed by atoms with Crippen LogP contribution in [0, 0.1) is 6.92 Å². The summed E-state index contributed by atoms with van der Waals surface area (Å²) in [5.74, 6) is 0.0349. The highest BCUT2D eigenvalue weighted by Crippen LogP contribution is 2.31. The number of amides is 3. The van der Waals surface area contributed by atoms with Crippen molar-refractivity contribution < 1.29 is 14.4 Å². The minimum atomic E-state index is -0.149. The van der Waals surface area contributed by atoms with Gasteiger partial charge >= 0.3 is 0 Å². The third-order valence-corrected chi connectivity index (χ3v) is 7.21. The number of likely N-dealkylation sites (N-methyl/N-ethyl adjacent to an activating group) is 1. The number of likely N-dealkylation sites (tertiary alicyclic amines) is 1. The fourth-order valence-corrected chi connectivity index (χ4v) is 5.34. The van der Waals surface area contributed by atoms with Crippen LogP contribution in [0.25, 0.3) is 10.2 Å².